The molecule has 1 heterocycles. The smallest absolute Gasteiger partial charge is 0.0361 e. The van der Waals surface area contributed by atoms with Gasteiger partial charge in [0.25, 0.3) is 0 Å². The fourth-order valence-corrected chi connectivity index (χ4v) is 5.18. The van der Waals surface area contributed by atoms with Crippen molar-refractivity contribution < 1.29 is 0 Å². The van der Waals surface area contributed by atoms with Gasteiger partial charge in [0.15, 0.2) is 0 Å². The van der Waals surface area contributed by atoms with Gasteiger partial charge >= 0.3 is 0 Å². The first kappa shape index (κ1) is 15.0. The van der Waals surface area contributed by atoms with Gasteiger partial charge < -0.3 is 0 Å². The van der Waals surface area contributed by atoms with Gasteiger partial charge in [-0.25, -0.2) is 0 Å². The minimum Gasteiger partial charge on any atom is -0.135 e. The summed E-state index contributed by atoms with van der Waals surface area (Å²) in [6.45, 7) is 0. The summed E-state index contributed by atoms with van der Waals surface area (Å²) in [5.74, 6) is 0. The summed E-state index contributed by atoms with van der Waals surface area (Å²) in [6, 6.07) is 35.4. The third-order valence-electron chi connectivity index (χ3n) is 5.40. The highest BCUT2D eigenvalue weighted by atomic mass is 32.1. The lowest BCUT2D eigenvalue weighted by Crippen LogP contribution is -1.79. The van der Waals surface area contributed by atoms with E-state index in [9.17, 15) is 0 Å². The fourth-order valence-electron chi connectivity index (χ4n) is 4.01. The predicted molar refractivity (Wildman–Crippen MR) is 120 cm³/mol. The average Bonchev–Trinajstić information content (AvgIpc) is 3.07. The molecule has 0 aliphatic carbocycles. The normalized spacial score (nSPS) is 11.7. The van der Waals surface area contributed by atoms with E-state index in [0.717, 1.165) is 0 Å². The molecule has 6 rings (SSSR count). The molecule has 0 saturated carbocycles. The lowest BCUT2D eigenvalue weighted by molar-refractivity contribution is 1.65. The molecule has 0 N–H and O–H groups in total. The van der Waals surface area contributed by atoms with Crippen molar-refractivity contribution in [1.82, 2.24) is 0 Å². The Bertz CT molecular complexity index is 1460. The SMILES string of the molecule is c1ccc(-c2ccc3cc4c(cc3c2)sc2cc3ccccc3cc24)cc1. The van der Waals surface area contributed by atoms with Crippen molar-refractivity contribution in [2.24, 2.45) is 0 Å². The summed E-state index contributed by atoms with van der Waals surface area (Å²) in [5.41, 5.74) is 2.54. The van der Waals surface area contributed by atoms with Gasteiger partial charge in [0.2, 0.25) is 0 Å². The molecular weight excluding hydrogens is 344 g/mol. The molecular formula is C26H16S. The van der Waals surface area contributed by atoms with Crippen LogP contribution in [0.25, 0.3) is 52.8 Å². The number of fused-ring (bicyclic) bond motifs is 5. The maximum Gasteiger partial charge on any atom is 0.0361 e. The molecule has 0 amide bonds. The third kappa shape index (κ3) is 2.36. The highest BCUT2D eigenvalue weighted by Crippen LogP contribution is 2.39. The summed E-state index contributed by atoms with van der Waals surface area (Å²) in [4.78, 5) is 0. The van der Waals surface area contributed by atoms with Crippen LogP contribution in [0, 0.1) is 0 Å². The number of hydrogen-bond acceptors (Lipinski definition) is 1. The van der Waals surface area contributed by atoms with E-state index in [-0.39, 0.29) is 0 Å². The lowest BCUT2D eigenvalue weighted by Gasteiger charge is -2.05. The molecule has 27 heavy (non-hydrogen) atoms. The molecule has 0 atom stereocenters. The van der Waals surface area contributed by atoms with Crippen molar-refractivity contribution in [3.8, 4) is 11.1 Å². The minimum absolute atomic E-state index is 1.27. The molecule has 0 aliphatic rings. The first-order valence-electron chi connectivity index (χ1n) is 9.19. The van der Waals surface area contributed by atoms with Crippen LogP contribution in [0.4, 0.5) is 0 Å². The zero-order valence-corrected chi connectivity index (χ0v) is 15.5. The zero-order chi connectivity index (χ0) is 17.8. The Balaban J connectivity index is 1.63. The maximum absolute atomic E-state index is 2.35. The number of thiophene rings is 1. The Morgan fingerprint density at radius 2 is 1.00 bits per heavy atom. The Hall–Kier alpha value is -3.16. The van der Waals surface area contributed by atoms with E-state index in [1.54, 1.807) is 0 Å². The van der Waals surface area contributed by atoms with E-state index < -0.39 is 0 Å². The van der Waals surface area contributed by atoms with Crippen LogP contribution in [0.2, 0.25) is 0 Å². The summed E-state index contributed by atoms with van der Waals surface area (Å²) in [6.07, 6.45) is 0. The minimum atomic E-state index is 1.27. The number of rotatable bonds is 1. The Labute approximate surface area is 161 Å². The van der Waals surface area contributed by atoms with Crippen LogP contribution < -0.4 is 0 Å². The van der Waals surface area contributed by atoms with Gasteiger partial charge in [0.05, 0.1) is 0 Å². The van der Waals surface area contributed by atoms with Gasteiger partial charge in [-0.15, -0.1) is 11.3 Å². The summed E-state index contributed by atoms with van der Waals surface area (Å²) in [5, 5.41) is 7.95. The van der Waals surface area contributed by atoms with Crippen molar-refractivity contribution in [3.05, 3.63) is 97.1 Å². The van der Waals surface area contributed by atoms with Crippen LogP contribution in [-0.2, 0) is 0 Å². The highest BCUT2D eigenvalue weighted by molar-refractivity contribution is 7.26. The Morgan fingerprint density at radius 3 is 1.74 bits per heavy atom. The molecule has 0 saturated heterocycles. The molecule has 1 aromatic heterocycles. The van der Waals surface area contributed by atoms with Gasteiger partial charge in [-0.1, -0.05) is 66.7 Å². The summed E-state index contributed by atoms with van der Waals surface area (Å²) >= 11 is 1.89. The van der Waals surface area contributed by atoms with E-state index in [1.807, 2.05) is 11.3 Å². The monoisotopic (exact) mass is 360 g/mol. The van der Waals surface area contributed by atoms with E-state index in [1.165, 1.54) is 52.8 Å². The van der Waals surface area contributed by atoms with E-state index in [0.29, 0.717) is 0 Å². The molecule has 5 aromatic carbocycles. The van der Waals surface area contributed by atoms with Crippen LogP contribution in [0.15, 0.2) is 97.1 Å². The zero-order valence-electron chi connectivity index (χ0n) is 14.6. The van der Waals surface area contributed by atoms with Crippen molar-refractivity contribution in [1.29, 1.82) is 0 Å². The molecule has 0 nitrogen and oxygen atoms in total. The quantitative estimate of drug-likeness (QED) is 0.278. The van der Waals surface area contributed by atoms with Crippen LogP contribution in [-0.4, -0.2) is 0 Å². The molecule has 6 aromatic rings. The summed E-state index contributed by atoms with van der Waals surface area (Å²) in [7, 11) is 0. The number of benzene rings is 5. The average molecular weight is 360 g/mol. The van der Waals surface area contributed by atoms with Crippen LogP contribution >= 0.6 is 11.3 Å². The molecule has 0 unspecified atom stereocenters. The van der Waals surface area contributed by atoms with Gasteiger partial charge in [-0.2, -0.15) is 0 Å². The van der Waals surface area contributed by atoms with Gasteiger partial charge in [-0.3, -0.25) is 0 Å². The van der Waals surface area contributed by atoms with Crippen LogP contribution in [0.5, 0.6) is 0 Å². The molecule has 0 aliphatic heterocycles. The second-order valence-electron chi connectivity index (χ2n) is 7.07. The predicted octanol–water partition coefficient (Wildman–Crippen LogP) is 8.03. The first-order valence-corrected chi connectivity index (χ1v) is 10.0. The topological polar surface area (TPSA) is 0 Å². The number of hydrogen-bond donors (Lipinski definition) is 0. The standard InChI is InChI=1S/C26H16S/c1-2-6-17(7-3-1)20-10-11-21-14-24-23-13-18-8-4-5-9-19(18)15-25(23)27-26(24)16-22(21)12-20/h1-16H. The third-order valence-corrected chi connectivity index (χ3v) is 6.52. The first-order chi connectivity index (χ1) is 13.3. The van der Waals surface area contributed by atoms with Gasteiger partial charge in [0, 0.05) is 20.2 Å². The highest BCUT2D eigenvalue weighted by Gasteiger charge is 2.09. The Morgan fingerprint density at radius 1 is 0.407 bits per heavy atom. The molecule has 0 fully saturated rings. The summed E-state index contributed by atoms with van der Waals surface area (Å²) < 4.78 is 2.72. The molecule has 126 valence electrons. The van der Waals surface area contributed by atoms with E-state index in [4.69, 9.17) is 0 Å². The Kier molecular flexibility index (Phi) is 3.14. The van der Waals surface area contributed by atoms with Crippen LogP contribution in [0.3, 0.4) is 0 Å². The fraction of sp³-hybridized carbons (Fsp3) is 0. The van der Waals surface area contributed by atoms with Crippen LogP contribution in [0.1, 0.15) is 0 Å². The van der Waals surface area contributed by atoms with E-state index >= 15 is 0 Å². The van der Waals surface area contributed by atoms with Crippen molar-refractivity contribution in [3.63, 3.8) is 0 Å². The van der Waals surface area contributed by atoms with E-state index in [2.05, 4.69) is 97.1 Å². The molecule has 0 radical (unpaired) electrons. The largest absolute Gasteiger partial charge is 0.135 e. The lowest BCUT2D eigenvalue weighted by atomic mass is 9.99. The van der Waals surface area contributed by atoms with Crippen molar-refractivity contribution in [2.75, 3.05) is 0 Å². The van der Waals surface area contributed by atoms with Gasteiger partial charge in [-0.05, 0) is 63.0 Å². The van der Waals surface area contributed by atoms with Crippen molar-refractivity contribution in [2.45, 2.75) is 0 Å². The molecule has 0 spiro atoms. The maximum atomic E-state index is 2.35. The molecule has 0 bridgehead atoms. The second kappa shape index (κ2) is 5.67. The van der Waals surface area contributed by atoms with Gasteiger partial charge in [0.1, 0.15) is 0 Å². The molecule has 1 heteroatoms. The second-order valence-corrected chi connectivity index (χ2v) is 8.16. The van der Waals surface area contributed by atoms with Crippen molar-refractivity contribution >= 4 is 53.1 Å².